The predicted molar refractivity (Wildman–Crippen MR) is 92.8 cm³/mol. The van der Waals surface area contributed by atoms with Gasteiger partial charge >= 0.3 is 0 Å². The summed E-state index contributed by atoms with van der Waals surface area (Å²) in [6.45, 7) is 8.05. The average Bonchev–Trinajstić information content (AvgIpc) is 2.96. The summed E-state index contributed by atoms with van der Waals surface area (Å²) in [4.78, 5) is 30.7. The highest BCUT2D eigenvalue weighted by Gasteiger charge is 2.36. The van der Waals surface area contributed by atoms with Crippen molar-refractivity contribution in [2.45, 2.75) is 46.2 Å². The number of hydrogen-bond donors (Lipinski definition) is 1. The Morgan fingerprint density at radius 1 is 1.39 bits per heavy atom. The molecule has 0 saturated carbocycles. The normalized spacial score (nSPS) is 19.5. The lowest BCUT2D eigenvalue weighted by molar-refractivity contribution is -0.139. The van der Waals surface area contributed by atoms with Crippen molar-refractivity contribution in [2.24, 2.45) is 5.41 Å². The van der Waals surface area contributed by atoms with Crippen LogP contribution in [0.3, 0.4) is 0 Å². The minimum absolute atomic E-state index is 0.0548. The Kier molecular flexibility index (Phi) is 5.68. The van der Waals surface area contributed by atoms with Gasteiger partial charge in [-0.3, -0.25) is 14.6 Å². The zero-order valence-corrected chi connectivity index (χ0v) is 15.0. The number of carbonyl (C=O) groups excluding carboxylic acids is 2. The number of nitrogens with one attached hydrogen (secondary N) is 1. The SMILES string of the molecule is C[C@@H](NC(=O)[C@@H]1CSCN1C(=O)CC(C)(C)C)c1ccncc1. The summed E-state index contributed by atoms with van der Waals surface area (Å²) in [5.41, 5.74) is 0.932. The molecule has 0 aliphatic carbocycles. The van der Waals surface area contributed by atoms with E-state index >= 15 is 0 Å². The van der Waals surface area contributed by atoms with Crippen molar-refractivity contribution in [3.63, 3.8) is 0 Å². The Labute approximate surface area is 142 Å². The molecule has 1 saturated heterocycles. The quantitative estimate of drug-likeness (QED) is 0.919. The first-order chi connectivity index (χ1) is 10.8. The van der Waals surface area contributed by atoms with Crippen molar-refractivity contribution in [1.29, 1.82) is 0 Å². The highest BCUT2D eigenvalue weighted by atomic mass is 32.2. The highest BCUT2D eigenvalue weighted by Crippen LogP contribution is 2.27. The Morgan fingerprint density at radius 2 is 2.04 bits per heavy atom. The van der Waals surface area contributed by atoms with Crippen molar-refractivity contribution in [1.82, 2.24) is 15.2 Å². The standard InChI is InChI=1S/C17H25N3O2S/c1-12(13-5-7-18-8-6-13)19-16(22)14-10-23-11-20(14)15(21)9-17(2,3)4/h5-8,12,14H,9-11H2,1-4H3,(H,19,22)/t12-,14+/m1/s1. The topological polar surface area (TPSA) is 62.3 Å². The van der Waals surface area contributed by atoms with Crippen LogP contribution in [0.25, 0.3) is 0 Å². The van der Waals surface area contributed by atoms with Gasteiger partial charge in [-0.1, -0.05) is 20.8 Å². The van der Waals surface area contributed by atoms with E-state index in [0.717, 1.165) is 5.56 Å². The largest absolute Gasteiger partial charge is 0.348 e. The molecule has 1 fully saturated rings. The molecule has 0 bridgehead atoms. The second-order valence-electron chi connectivity index (χ2n) is 7.13. The molecule has 2 amide bonds. The molecular formula is C17H25N3O2S. The maximum Gasteiger partial charge on any atom is 0.244 e. The van der Waals surface area contributed by atoms with Gasteiger partial charge in [0.1, 0.15) is 6.04 Å². The number of amides is 2. The molecule has 0 spiro atoms. The fourth-order valence-electron chi connectivity index (χ4n) is 2.51. The number of thioether (sulfide) groups is 1. The minimum Gasteiger partial charge on any atom is -0.348 e. The van der Waals surface area contributed by atoms with Gasteiger partial charge in [-0.05, 0) is 30.0 Å². The van der Waals surface area contributed by atoms with Gasteiger partial charge in [-0.2, -0.15) is 0 Å². The molecule has 0 aromatic carbocycles. The number of carbonyl (C=O) groups is 2. The summed E-state index contributed by atoms with van der Waals surface area (Å²) in [6, 6.07) is 3.29. The molecule has 1 aliphatic rings. The van der Waals surface area contributed by atoms with Gasteiger partial charge in [0.05, 0.1) is 11.9 Å². The molecule has 1 aromatic rings. The lowest BCUT2D eigenvalue weighted by Crippen LogP contribution is -2.48. The maximum atomic E-state index is 12.6. The van der Waals surface area contributed by atoms with Crippen molar-refractivity contribution in [3.8, 4) is 0 Å². The van der Waals surface area contributed by atoms with Gasteiger partial charge in [0.15, 0.2) is 0 Å². The van der Waals surface area contributed by atoms with E-state index < -0.39 is 0 Å². The van der Waals surface area contributed by atoms with Gasteiger partial charge < -0.3 is 10.2 Å². The third kappa shape index (κ3) is 4.96. The van der Waals surface area contributed by atoms with Gasteiger partial charge in [0.25, 0.3) is 0 Å². The molecule has 1 aliphatic heterocycles. The lowest BCUT2D eigenvalue weighted by Gasteiger charge is -2.27. The summed E-state index contributed by atoms with van der Waals surface area (Å²) in [6.07, 6.45) is 3.88. The van der Waals surface area contributed by atoms with E-state index in [-0.39, 0.29) is 29.3 Å². The first-order valence-corrected chi connectivity index (χ1v) is 9.01. The van der Waals surface area contributed by atoms with Crippen LogP contribution in [-0.4, -0.2) is 39.4 Å². The molecule has 0 radical (unpaired) electrons. The van der Waals surface area contributed by atoms with E-state index in [1.807, 2.05) is 39.8 Å². The van der Waals surface area contributed by atoms with Crippen LogP contribution in [0.2, 0.25) is 0 Å². The summed E-state index contributed by atoms with van der Waals surface area (Å²) in [7, 11) is 0. The van der Waals surface area contributed by atoms with Crippen molar-refractivity contribution in [3.05, 3.63) is 30.1 Å². The van der Waals surface area contributed by atoms with E-state index in [4.69, 9.17) is 0 Å². The van der Waals surface area contributed by atoms with Crippen LogP contribution in [0.4, 0.5) is 0 Å². The zero-order valence-electron chi connectivity index (χ0n) is 14.2. The molecule has 2 atom stereocenters. The molecule has 2 rings (SSSR count). The molecular weight excluding hydrogens is 310 g/mol. The minimum atomic E-state index is -0.376. The fourth-order valence-corrected chi connectivity index (χ4v) is 3.69. The lowest BCUT2D eigenvalue weighted by atomic mass is 9.91. The molecule has 23 heavy (non-hydrogen) atoms. The smallest absolute Gasteiger partial charge is 0.244 e. The number of nitrogens with zero attached hydrogens (tertiary/aromatic N) is 2. The Hall–Kier alpha value is -1.56. The molecule has 0 unspecified atom stereocenters. The third-order valence-corrected chi connectivity index (χ3v) is 4.76. The highest BCUT2D eigenvalue weighted by molar-refractivity contribution is 7.99. The van der Waals surface area contributed by atoms with Crippen LogP contribution in [0.1, 0.15) is 45.7 Å². The van der Waals surface area contributed by atoms with E-state index in [1.54, 1.807) is 29.1 Å². The maximum absolute atomic E-state index is 12.6. The van der Waals surface area contributed by atoms with Gasteiger partial charge in [0, 0.05) is 24.6 Å². The van der Waals surface area contributed by atoms with Crippen molar-refractivity contribution >= 4 is 23.6 Å². The third-order valence-electron chi connectivity index (χ3n) is 3.75. The predicted octanol–water partition coefficient (Wildman–Crippen LogP) is 2.60. The zero-order chi connectivity index (χ0) is 17.0. The van der Waals surface area contributed by atoms with E-state index in [2.05, 4.69) is 10.3 Å². The fraction of sp³-hybridized carbons (Fsp3) is 0.588. The molecule has 126 valence electrons. The Bertz CT molecular complexity index is 557. The van der Waals surface area contributed by atoms with Gasteiger partial charge in [0.2, 0.25) is 11.8 Å². The monoisotopic (exact) mass is 335 g/mol. The van der Waals surface area contributed by atoms with E-state index in [1.165, 1.54) is 0 Å². The molecule has 6 heteroatoms. The summed E-state index contributed by atoms with van der Waals surface area (Å²) < 4.78 is 0. The van der Waals surface area contributed by atoms with E-state index in [0.29, 0.717) is 18.1 Å². The molecule has 5 nitrogen and oxygen atoms in total. The number of aromatic nitrogens is 1. The second kappa shape index (κ2) is 7.34. The van der Waals surface area contributed by atoms with Gasteiger partial charge in [-0.15, -0.1) is 11.8 Å². The average molecular weight is 335 g/mol. The second-order valence-corrected chi connectivity index (χ2v) is 8.13. The summed E-state index contributed by atoms with van der Waals surface area (Å²) >= 11 is 1.63. The number of pyridine rings is 1. The first-order valence-electron chi connectivity index (χ1n) is 7.85. The first kappa shape index (κ1) is 17.8. The number of rotatable bonds is 4. The number of hydrogen-bond acceptors (Lipinski definition) is 4. The van der Waals surface area contributed by atoms with Crippen molar-refractivity contribution < 1.29 is 9.59 Å². The van der Waals surface area contributed by atoms with Crippen LogP contribution in [0.15, 0.2) is 24.5 Å². The van der Waals surface area contributed by atoms with Crippen LogP contribution in [0.5, 0.6) is 0 Å². The van der Waals surface area contributed by atoms with Crippen LogP contribution >= 0.6 is 11.8 Å². The summed E-state index contributed by atoms with van der Waals surface area (Å²) in [5, 5.41) is 3.01. The van der Waals surface area contributed by atoms with Crippen molar-refractivity contribution in [2.75, 3.05) is 11.6 Å². The van der Waals surface area contributed by atoms with Crippen LogP contribution in [-0.2, 0) is 9.59 Å². The molecule has 2 heterocycles. The van der Waals surface area contributed by atoms with Gasteiger partial charge in [-0.25, -0.2) is 0 Å². The Morgan fingerprint density at radius 3 is 2.65 bits per heavy atom. The molecule has 1 aromatic heterocycles. The molecule has 1 N–H and O–H groups in total. The van der Waals surface area contributed by atoms with Crippen LogP contribution < -0.4 is 5.32 Å². The summed E-state index contributed by atoms with van der Waals surface area (Å²) in [5.74, 6) is 1.22. The van der Waals surface area contributed by atoms with Crippen LogP contribution in [0, 0.1) is 5.41 Å². The Balaban J connectivity index is 1.99. The van der Waals surface area contributed by atoms with E-state index in [9.17, 15) is 9.59 Å².